The maximum Gasteiger partial charge on any atom is 0.217 e. The molecule has 0 unspecified atom stereocenters. The lowest BCUT2D eigenvalue weighted by Crippen LogP contribution is -2.60. The van der Waals surface area contributed by atoms with Crippen LogP contribution in [0.15, 0.2) is 0 Å². The fraction of sp³-hybridized carbons (Fsp3) is 0.963. The van der Waals surface area contributed by atoms with Gasteiger partial charge in [-0.15, -0.1) is 0 Å². The van der Waals surface area contributed by atoms with Crippen molar-refractivity contribution in [1.82, 2.24) is 10.6 Å². The van der Waals surface area contributed by atoms with E-state index in [0.29, 0.717) is 33.7 Å². The van der Waals surface area contributed by atoms with Crippen LogP contribution in [-0.2, 0) is 4.79 Å². The van der Waals surface area contributed by atoms with Gasteiger partial charge in [-0.1, -0.05) is 27.7 Å². The standard InChI is InChI=1S/C27H46N2O/c1-17(28-7)19-10-12-25(6)21-9-8-20-23(3,4)22(29-18(2)30)11-13-26(20)16-27(21,26)15-14-24(19,25)5/h17,19-22,28H,8-16H2,1-7H3,(H,29,30)/t17-,19+,20-,21-,22-,24+,25-,26+,27-/m0/s1. The van der Waals surface area contributed by atoms with Crippen LogP contribution in [0.25, 0.3) is 0 Å². The van der Waals surface area contributed by atoms with Crippen LogP contribution in [0, 0.1) is 44.8 Å². The van der Waals surface area contributed by atoms with E-state index in [0.717, 1.165) is 17.8 Å². The van der Waals surface area contributed by atoms with Crippen molar-refractivity contribution in [2.24, 2.45) is 44.8 Å². The molecule has 0 saturated heterocycles. The Balaban J connectivity index is 1.47. The van der Waals surface area contributed by atoms with Gasteiger partial charge in [0.2, 0.25) is 5.91 Å². The summed E-state index contributed by atoms with van der Waals surface area (Å²) < 4.78 is 0. The molecular weight excluding hydrogens is 368 g/mol. The normalized spacial score (nSPS) is 54.2. The second kappa shape index (κ2) is 6.27. The number of carbonyl (C=O) groups excluding carboxylic acids is 1. The van der Waals surface area contributed by atoms with Crippen molar-refractivity contribution in [3.63, 3.8) is 0 Å². The van der Waals surface area contributed by atoms with Gasteiger partial charge in [0.25, 0.3) is 0 Å². The van der Waals surface area contributed by atoms with E-state index in [1.165, 1.54) is 57.8 Å². The molecule has 0 aliphatic heterocycles. The van der Waals surface area contributed by atoms with Crippen molar-refractivity contribution in [2.45, 2.75) is 111 Å². The quantitative estimate of drug-likeness (QED) is 0.637. The molecule has 5 saturated carbocycles. The van der Waals surface area contributed by atoms with E-state index < -0.39 is 0 Å². The molecule has 0 aromatic rings. The van der Waals surface area contributed by atoms with Gasteiger partial charge < -0.3 is 10.6 Å². The van der Waals surface area contributed by atoms with Gasteiger partial charge in [0.15, 0.2) is 0 Å². The summed E-state index contributed by atoms with van der Waals surface area (Å²) in [5, 5.41) is 6.95. The van der Waals surface area contributed by atoms with Crippen molar-refractivity contribution < 1.29 is 4.79 Å². The third-order valence-corrected chi connectivity index (χ3v) is 12.6. The maximum atomic E-state index is 11.9. The zero-order valence-electron chi connectivity index (χ0n) is 20.7. The second-order valence-corrected chi connectivity index (χ2v) is 13.3. The van der Waals surface area contributed by atoms with Crippen LogP contribution in [0.4, 0.5) is 0 Å². The highest BCUT2D eigenvalue weighted by molar-refractivity contribution is 5.73. The number of hydrogen-bond acceptors (Lipinski definition) is 2. The molecule has 5 fully saturated rings. The first kappa shape index (κ1) is 21.3. The number of rotatable bonds is 3. The van der Waals surface area contributed by atoms with Crippen LogP contribution in [0.2, 0.25) is 0 Å². The lowest BCUT2D eigenvalue weighted by atomic mass is 9.42. The summed E-state index contributed by atoms with van der Waals surface area (Å²) in [5.41, 5.74) is 2.41. The second-order valence-electron chi connectivity index (χ2n) is 13.3. The molecule has 30 heavy (non-hydrogen) atoms. The van der Waals surface area contributed by atoms with Crippen molar-refractivity contribution in [2.75, 3.05) is 7.05 Å². The molecule has 5 aliphatic rings. The Bertz CT molecular complexity index is 747. The predicted molar refractivity (Wildman–Crippen MR) is 123 cm³/mol. The molecule has 5 rings (SSSR count). The van der Waals surface area contributed by atoms with E-state index in [2.05, 4.69) is 52.3 Å². The predicted octanol–water partition coefficient (Wildman–Crippen LogP) is 5.54. The third kappa shape index (κ3) is 2.29. The molecule has 0 heterocycles. The first-order chi connectivity index (χ1) is 14.0. The lowest BCUT2D eigenvalue weighted by molar-refractivity contribution is -0.146. The first-order valence-electron chi connectivity index (χ1n) is 12.9. The molecule has 1 amide bonds. The van der Waals surface area contributed by atoms with Gasteiger partial charge in [-0.25, -0.2) is 0 Å². The highest BCUT2D eigenvalue weighted by Gasteiger charge is 2.82. The van der Waals surface area contributed by atoms with Gasteiger partial charge in [0.1, 0.15) is 0 Å². The van der Waals surface area contributed by atoms with Crippen LogP contribution in [0.5, 0.6) is 0 Å². The minimum Gasteiger partial charge on any atom is -0.353 e. The van der Waals surface area contributed by atoms with Crippen molar-refractivity contribution in [1.29, 1.82) is 0 Å². The molecule has 3 heteroatoms. The minimum atomic E-state index is 0.153. The molecule has 9 atom stereocenters. The summed E-state index contributed by atoms with van der Waals surface area (Å²) >= 11 is 0. The molecule has 0 aromatic carbocycles. The molecule has 0 bridgehead atoms. The number of carbonyl (C=O) groups is 1. The summed E-state index contributed by atoms with van der Waals surface area (Å²) in [4.78, 5) is 11.9. The van der Waals surface area contributed by atoms with Gasteiger partial charge in [-0.05, 0) is 117 Å². The Morgan fingerprint density at radius 3 is 2.20 bits per heavy atom. The smallest absolute Gasteiger partial charge is 0.217 e. The maximum absolute atomic E-state index is 11.9. The third-order valence-electron chi connectivity index (χ3n) is 12.6. The fourth-order valence-electron chi connectivity index (χ4n) is 10.9. The van der Waals surface area contributed by atoms with Gasteiger partial charge >= 0.3 is 0 Å². The molecule has 2 N–H and O–H groups in total. The Kier molecular flexibility index (Phi) is 4.45. The summed E-state index contributed by atoms with van der Waals surface area (Å²) in [7, 11) is 2.16. The van der Waals surface area contributed by atoms with Crippen molar-refractivity contribution in [3.8, 4) is 0 Å². The zero-order valence-corrected chi connectivity index (χ0v) is 20.7. The molecule has 0 radical (unpaired) electrons. The van der Waals surface area contributed by atoms with Crippen LogP contribution in [-0.4, -0.2) is 25.0 Å². The van der Waals surface area contributed by atoms with Crippen LogP contribution < -0.4 is 10.6 Å². The average molecular weight is 415 g/mol. The van der Waals surface area contributed by atoms with Crippen LogP contribution >= 0.6 is 0 Å². The Labute approximate surface area is 184 Å². The molecule has 0 aromatic heterocycles. The van der Waals surface area contributed by atoms with E-state index in [4.69, 9.17) is 0 Å². The largest absolute Gasteiger partial charge is 0.353 e. The Morgan fingerprint density at radius 1 is 0.867 bits per heavy atom. The van der Waals surface area contributed by atoms with Gasteiger partial charge in [0.05, 0.1) is 0 Å². The molecule has 3 nitrogen and oxygen atoms in total. The minimum absolute atomic E-state index is 0.153. The summed E-state index contributed by atoms with van der Waals surface area (Å²) in [5.74, 6) is 2.68. The van der Waals surface area contributed by atoms with E-state index >= 15 is 0 Å². The zero-order chi connectivity index (χ0) is 21.7. The highest BCUT2D eigenvalue weighted by Crippen LogP contribution is 2.88. The Morgan fingerprint density at radius 2 is 1.53 bits per heavy atom. The summed E-state index contributed by atoms with van der Waals surface area (Å²) in [6, 6.07) is 0.985. The molecule has 2 spiro atoms. The van der Waals surface area contributed by atoms with E-state index in [9.17, 15) is 4.79 Å². The fourth-order valence-corrected chi connectivity index (χ4v) is 10.9. The topological polar surface area (TPSA) is 41.1 Å². The summed E-state index contributed by atoms with van der Waals surface area (Å²) in [6.07, 6.45) is 12.6. The SMILES string of the molecule is CN[C@@H](C)[C@H]1CC[C@@]2(C)[C@@H]3CC[C@H]4C(C)(C)[C@@H](NC(C)=O)CC[C@@]45C[C@@]35CC[C@]12C. The van der Waals surface area contributed by atoms with E-state index in [-0.39, 0.29) is 11.3 Å². The first-order valence-corrected chi connectivity index (χ1v) is 12.9. The van der Waals surface area contributed by atoms with Gasteiger partial charge in [0, 0.05) is 19.0 Å². The molecule has 5 aliphatic carbocycles. The number of amides is 1. The van der Waals surface area contributed by atoms with Crippen LogP contribution in [0.3, 0.4) is 0 Å². The van der Waals surface area contributed by atoms with Crippen molar-refractivity contribution >= 4 is 5.91 Å². The van der Waals surface area contributed by atoms with E-state index in [1.807, 2.05) is 0 Å². The van der Waals surface area contributed by atoms with Gasteiger partial charge in [-0.3, -0.25) is 4.79 Å². The number of nitrogens with one attached hydrogen (secondary N) is 2. The van der Waals surface area contributed by atoms with Crippen LogP contribution in [0.1, 0.15) is 99.3 Å². The molecular formula is C27H46N2O. The van der Waals surface area contributed by atoms with Gasteiger partial charge in [-0.2, -0.15) is 0 Å². The average Bonchev–Trinajstić information content (AvgIpc) is 3.26. The van der Waals surface area contributed by atoms with Crippen molar-refractivity contribution in [3.05, 3.63) is 0 Å². The van der Waals surface area contributed by atoms with E-state index in [1.54, 1.807) is 6.92 Å². The number of hydrogen-bond donors (Lipinski definition) is 2. The highest BCUT2D eigenvalue weighted by atomic mass is 16.1. The lowest BCUT2D eigenvalue weighted by Gasteiger charge is -2.63. The molecule has 170 valence electrons. The summed E-state index contributed by atoms with van der Waals surface area (Å²) in [6.45, 7) is 14.4. The Hall–Kier alpha value is -0.570. The monoisotopic (exact) mass is 414 g/mol. The number of fused-ring (bicyclic) bond motifs is 2.